The van der Waals surface area contributed by atoms with Crippen molar-refractivity contribution in [2.45, 2.75) is 32.2 Å². The largest absolute Gasteiger partial charge is 0.494 e. The van der Waals surface area contributed by atoms with Crippen molar-refractivity contribution in [2.75, 3.05) is 13.2 Å². The zero-order valence-corrected chi connectivity index (χ0v) is 16.9. The fourth-order valence-corrected chi connectivity index (χ4v) is 3.81. The minimum Gasteiger partial charge on any atom is -0.494 e. The Balaban J connectivity index is 1.47. The molecule has 1 amide bonds. The van der Waals surface area contributed by atoms with Crippen LogP contribution in [0.5, 0.6) is 5.75 Å². The molecule has 1 saturated heterocycles. The first-order chi connectivity index (χ1) is 14.2. The van der Waals surface area contributed by atoms with Gasteiger partial charge in [0.15, 0.2) is 0 Å². The van der Waals surface area contributed by atoms with Gasteiger partial charge >= 0.3 is 0 Å². The maximum atomic E-state index is 12.9. The molecule has 29 heavy (non-hydrogen) atoms. The van der Waals surface area contributed by atoms with Gasteiger partial charge in [0.05, 0.1) is 18.1 Å². The second kappa shape index (κ2) is 8.66. The number of carbonyl (C=O) groups is 1. The van der Waals surface area contributed by atoms with Gasteiger partial charge < -0.3 is 14.2 Å². The van der Waals surface area contributed by atoms with Crippen molar-refractivity contribution >= 4 is 17.5 Å². The fraction of sp³-hybridized carbons (Fsp3) is 0.318. The number of ether oxygens (including phenoxy) is 1. The van der Waals surface area contributed by atoms with E-state index in [-0.39, 0.29) is 11.9 Å². The molecule has 3 aromatic rings. The molecule has 0 bridgehead atoms. The molecular formula is C22H22ClN3O3. The number of rotatable bonds is 6. The summed E-state index contributed by atoms with van der Waals surface area (Å²) in [6.07, 6.45) is 2.04. The van der Waals surface area contributed by atoms with Crippen molar-refractivity contribution in [1.29, 1.82) is 0 Å². The van der Waals surface area contributed by atoms with E-state index in [1.807, 2.05) is 54.3 Å². The molecule has 6 nitrogen and oxygen atoms in total. The number of hydrogen-bond acceptors (Lipinski definition) is 5. The molecule has 0 radical (unpaired) electrons. The highest BCUT2D eigenvalue weighted by Crippen LogP contribution is 2.33. The Morgan fingerprint density at radius 2 is 2.03 bits per heavy atom. The van der Waals surface area contributed by atoms with Gasteiger partial charge in [-0.3, -0.25) is 4.79 Å². The molecule has 1 aromatic heterocycles. The van der Waals surface area contributed by atoms with Crippen LogP contribution in [0.1, 0.15) is 37.3 Å². The van der Waals surface area contributed by atoms with E-state index in [2.05, 4.69) is 10.1 Å². The first-order valence-electron chi connectivity index (χ1n) is 9.75. The molecule has 0 spiro atoms. The number of hydrogen-bond donors (Lipinski definition) is 0. The minimum atomic E-state index is -0.200. The van der Waals surface area contributed by atoms with E-state index in [9.17, 15) is 4.79 Å². The van der Waals surface area contributed by atoms with Crippen LogP contribution in [0.4, 0.5) is 0 Å². The molecule has 0 aliphatic carbocycles. The predicted molar refractivity (Wildman–Crippen MR) is 110 cm³/mol. The third kappa shape index (κ3) is 4.27. The molecule has 0 N–H and O–H groups in total. The number of carbonyl (C=O) groups excluding carboxylic acids is 1. The predicted octanol–water partition coefficient (Wildman–Crippen LogP) is 4.69. The van der Waals surface area contributed by atoms with E-state index in [0.717, 1.165) is 29.7 Å². The summed E-state index contributed by atoms with van der Waals surface area (Å²) in [5.74, 6) is 1.75. The molecule has 0 unspecified atom stereocenters. The van der Waals surface area contributed by atoms with Crippen LogP contribution in [-0.4, -0.2) is 34.1 Å². The highest BCUT2D eigenvalue weighted by atomic mass is 35.5. The Bertz CT molecular complexity index is 987. The molecule has 1 fully saturated rings. The fourth-order valence-electron chi connectivity index (χ4n) is 3.59. The van der Waals surface area contributed by atoms with E-state index in [1.165, 1.54) is 0 Å². The summed E-state index contributed by atoms with van der Waals surface area (Å²) in [5.41, 5.74) is 1.67. The third-order valence-corrected chi connectivity index (χ3v) is 5.33. The lowest BCUT2D eigenvalue weighted by molar-refractivity contribution is -0.131. The normalized spacial score (nSPS) is 16.2. The van der Waals surface area contributed by atoms with Crippen LogP contribution in [-0.2, 0) is 11.2 Å². The number of nitrogens with zero attached hydrogens (tertiary/aromatic N) is 3. The summed E-state index contributed by atoms with van der Waals surface area (Å²) < 4.78 is 11.0. The number of likely N-dealkylation sites (tertiary alicyclic amines) is 1. The van der Waals surface area contributed by atoms with Crippen LogP contribution in [0.2, 0.25) is 5.02 Å². The molecule has 1 atom stereocenters. The summed E-state index contributed by atoms with van der Waals surface area (Å²) in [6.45, 7) is 3.25. The van der Waals surface area contributed by atoms with Crippen LogP contribution in [0.25, 0.3) is 11.4 Å². The Hall–Kier alpha value is -2.86. The standard InChI is InChI=1S/C22H22ClN3O3/c1-2-28-16-11-9-15(10-12-16)14-20(27)26-13-5-8-19(26)22-24-21(25-29-22)17-6-3-4-7-18(17)23/h3-4,6-7,9-12,19H,2,5,8,13-14H2,1H3/t19-/m0/s1. The van der Waals surface area contributed by atoms with Crippen LogP contribution in [0.15, 0.2) is 53.1 Å². The van der Waals surface area contributed by atoms with Crippen LogP contribution < -0.4 is 4.74 Å². The lowest BCUT2D eigenvalue weighted by atomic mass is 10.1. The van der Waals surface area contributed by atoms with Gasteiger partial charge in [-0.25, -0.2) is 0 Å². The maximum absolute atomic E-state index is 12.9. The first kappa shape index (κ1) is 19.5. The Morgan fingerprint density at radius 3 is 2.79 bits per heavy atom. The molecule has 2 heterocycles. The van der Waals surface area contributed by atoms with Gasteiger partial charge in [-0.1, -0.05) is 41.0 Å². The quantitative estimate of drug-likeness (QED) is 0.588. The van der Waals surface area contributed by atoms with Crippen LogP contribution in [0, 0.1) is 0 Å². The number of halogens is 1. The van der Waals surface area contributed by atoms with Crippen LogP contribution >= 0.6 is 11.6 Å². The van der Waals surface area contributed by atoms with Crippen molar-refractivity contribution in [3.05, 3.63) is 65.0 Å². The van der Waals surface area contributed by atoms with Gasteiger partial charge in [-0.2, -0.15) is 4.98 Å². The van der Waals surface area contributed by atoms with E-state index in [1.54, 1.807) is 6.07 Å². The SMILES string of the molecule is CCOc1ccc(CC(=O)N2CCC[C@H]2c2nc(-c3ccccc3Cl)no2)cc1. The first-order valence-corrected chi connectivity index (χ1v) is 10.1. The molecule has 150 valence electrons. The summed E-state index contributed by atoms with van der Waals surface area (Å²) in [5, 5.41) is 4.64. The van der Waals surface area contributed by atoms with Crippen molar-refractivity contribution in [3.8, 4) is 17.1 Å². The topological polar surface area (TPSA) is 68.5 Å². The van der Waals surface area contributed by atoms with Gasteiger partial charge in [-0.15, -0.1) is 0 Å². The molecule has 4 rings (SSSR count). The Labute approximate surface area is 174 Å². The second-order valence-electron chi connectivity index (χ2n) is 6.93. The molecule has 1 aliphatic rings. The minimum absolute atomic E-state index is 0.0501. The van der Waals surface area contributed by atoms with Gasteiger partial charge in [-0.05, 0) is 49.6 Å². The van der Waals surface area contributed by atoms with E-state index in [4.69, 9.17) is 20.9 Å². The van der Waals surface area contributed by atoms with Gasteiger partial charge in [0.2, 0.25) is 17.6 Å². The lowest BCUT2D eigenvalue weighted by Crippen LogP contribution is -2.32. The zero-order valence-electron chi connectivity index (χ0n) is 16.2. The number of aromatic nitrogens is 2. The van der Waals surface area contributed by atoms with Crippen molar-refractivity contribution in [2.24, 2.45) is 0 Å². The summed E-state index contributed by atoms with van der Waals surface area (Å²) in [6, 6.07) is 14.8. The molecule has 2 aromatic carbocycles. The van der Waals surface area contributed by atoms with Gasteiger partial charge in [0.1, 0.15) is 11.8 Å². The summed E-state index contributed by atoms with van der Waals surface area (Å²) >= 11 is 6.23. The van der Waals surface area contributed by atoms with Gasteiger partial charge in [0.25, 0.3) is 0 Å². The average Bonchev–Trinajstić information content (AvgIpc) is 3.39. The smallest absolute Gasteiger partial charge is 0.249 e. The molecular weight excluding hydrogens is 390 g/mol. The van der Waals surface area contributed by atoms with E-state index < -0.39 is 0 Å². The van der Waals surface area contributed by atoms with E-state index >= 15 is 0 Å². The van der Waals surface area contributed by atoms with E-state index in [0.29, 0.717) is 36.3 Å². The average molecular weight is 412 g/mol. The number of amides is 1. The number of benzene rings is 2. The van der Waals surface area contributed by atoms with Crippen molar-refractivity contribution < 1.29 is 14.1 Å². The third-order valence-electron chi connectivity index (χ3n) is 5.00. The molecule has 1 aliphatic heterocycles. The van der Waals surface area contributed by atoms with Crippen molar-refractivity contribution in [3.63, 3.8) is 0 Å². The second-order valence-corrected chi connectivity index (χ2v) is 7.34. The summed E-state index contributed by atoms with van der Waals surface area (Å²) in [4.78, 5) is 19.3. The van der Waals surface area contributed by atoms with Gasteiger partial charge in [0, 0.05) is 12.1 Å². The maximum Gasteiger partial charge on any atom is 0.249 e. The van der Waals surface area contributed by atoms with Crippen molar-refractivity contribution in [1.82, 2.24) is 15.0 Å². The lowest BCUT2D eigenvalue weighted by Gasteiger charge is -2.22. The Kier molecular flexibility index (Phi) is 5.81. The summed E-state index contributed by atoms with van der Waals surface area (Å²) in [7, 11) is 0. The van der Waals surface area contributed by atoms with Crippen LogP contribution in [0.3, 0.4) is 0 Å². The molecule has 7 heteroatoms. The Morgan fingerprint density at radius 1 is 1.24 bits per heavy atom. The monoisotopic (exact) mass is 411 g/mol. The highest BCUT2D eigenvalue weighted by molar-refractivity contribution is 6.33. The highest BCUT2D eigenvalue weighted by Gasteiger charge is 2.34. The molecule has 0 saturated carbocycles. The zero-order chi connectivity index (χ0) is 20.2.